The molecule has 1 aromatic carbocycles. The Balaban J connectivity index is 1.67. The molecule has 1 saturated heterocycles. The summed E-state index contributed by atoms with van der Waals surface area (Å²) < 4.78 is 0. The predicted molar refractivity (Wildman–Crippen MR) is 88.5 cm³/mol. The summed E-state index contributed by atoms with van der Waals surface area (Å²) in [6.45, 7) is 0.565. The summed E-state index contributed by atoms with van der Waals surface area (Å²) in [4.78, 5) is 39.7. The molecular formula is C18H22N2O4. The second-order valence-electron chi connectivity index (χ2n) is 6.75. The first-order valence-electron chi connectivity index (χ1n) is 8.30. The number of amides is 2. The molecule has 2 amide bonds. The zero-order valence-electron chi connectivity index (χ0n) is 13.8. The van der Waals surface area contributed by atoms with E-state index in [0.29, 0.717) is 25.8 Å². The number of carboxylic acid groups (broad SMARTS) is 1. The van der Waals surface area contributed by atoms with E-state index < -0.39 is 17.4 Å². The van der Waals surface area contributed by atoms with Crippen molar-refractivity contribution in [3.63, 3.8) is 0 Å². The van der Waals surface area contributed by atoms with E-state index in [1.54, 1.807) is 11.9 Å². The van der Waals surface area contributed by atoms with Gasteiger partial charge in [0.2, 0.25) is 11.8 Å². The number of carboxylic acids is 1. The minimum atomic E-state index is -0.924. The fourth-order valence-electron chi connectivity index (χ4n) is 3.55. The number of benzene rings is 1. The minimum Gasteiger partial charge on any atom is -0.481 e. The van der Waals surface area contributed by atoms with E-state index in [2.05, 4.69) is 0 Å². The van der Waals surface area contributed by atoms with Crippen LogP contribution in [0.25, 0.3) is 0 Å². The summed E-state index contributed by atoms with van der Waals surface area (Å²) in [6, 6.07) is 8.87. The Kier molecular flexibility index (Phi) is 4.30. The second-order valence-corrected chi connectivity index (χ2v) is 6.75. The highest BCUT2D eigenvalue weighted by Gasteiger charge is 2.47. The van der Waals surface area contributed by atoms with E-state index in [4.69, 9.17) is 0 Å². The number of hydrogen-bond acceptors (Lipinski definition) is 3. The molecule has 3 rings (SSSR count). The van der Waals surface area contributed by atoms with E-state index >= 15 is 0 Å². The number of likely N-dealkylation sites (N-methyl/N-ethyl adjacent to an activating group) is 1. The smallest absolute Gasteiger partial charge is 0.310 e. The van der Waals surface area contributed by atoms with Gasteiger partial charge >= 0.3 is 5.97 Å². The lowest BCUT2D eigenvalue weighted by Gasteiger charge is -2.38. The second kappa shape index (κ2) is 6.26. The first-order chi connectivity index (χ1) is 11.4. The van der Waals surface area contributed by atoms with Crippen molar-refractivity contribution in [2.75, 3.05) is 18.5 Å². The molecule has 1 N–H and O–H groups in total. The number of anilines is 1. The van der Waals surface area contributed by atoms with E-state index in [-0.39, 0.29) is 18.2 Å². The van der Waals surface area contributed by atoms with Crippen LogP contribution in [0.4, 0.5) is 5.69 Å². The summed E-state index contributed by atoms with van der Waals surface area (Å²) in [7, 11) is 1.60. The molecule has 2 aliphatic rings. The maximum atomic E-state index is 12.7. The van der Waals surface area contributed by atoms with Crippen molar-refractivity contribution < 1.29 is 19.5 Å². The van der Waals surface area contributed by atoms with Crippen molar-refractivity contribution in [3.8, 4) is 0 Å². The van der Waals surface area contributed by atoms with Gasteiger partial charge in [0.1, 0.15) is 6.04 Å². The zero-order valence-corrected chi connectivity index (χ0v) is 13.8. The maximum Gasteiger partial charge on any atom is 0.310 e. The van der Waals surface area contributed by atoms with E-state index in [9.17, 15) is 19.5 Å². The van der Waals surface area contributed by atoms with Crippen molar-refractivity contribution >= 4 is 23.5 Å². The molecule has 0 spiro atoms. The summed E-state index contributed by atoms with van der Waals surface area (Å²) in [5.41, 5.74) is -0.0987. The quantitative estimate of drug-likeness (QED) is 0.894. The molecule has 0 aromatic heterocycles. The van der Waals surface area contributed by atoms with Gasteiger partial charge in [-0.2, -0.15) is 0 Å². The maximum absolute atomic E-state index is 12.7. The molecule has 24 heavy (non-hydrogen) atoms. The Labute approximate surface area is 141 Å². The Morgan fingerprint density at radius 1 is 1.29 bits per heavy atom. The average Bonchev–Trinajstić information content (AvgIpc) is 2.92. The van der Waals surface area contributed by atoms with Gasteiger partial charge in [-0.1, -0.05) is 24.6 Å². The summed E-state index contributed by atoms with van der Waals surface area (Å²) in [6.07, 6.45) is 2.46. The Hall–Kier alpha value is -2.37. The van der Waals surface area contributed by atoms with Crippen LogP contribution in [-0.2, 0) is 14.4 Å². The van der Waals surface area contributed by atoms with Gasteiger partial charge in [0.05, 0.1) is 5.41 Å². The summed E-state index contributed by atoms with van der Waals surface area (Å²) in [5.74, 6) is -1.26. The van der Waals surface area contributed by atoms with Crippen molar-refractivity contribution in [1.82, 2.24) is 4.90 Å². The number of hydrogen-bond donors (Lipinski definition) is 1. The molecule has 1 atom stereocenters. The van der Waals surface area contributed by atoms with Crippen LogP contribution in [0.2, 0.25) is 0 Å². The van der Waals surface area contributed by atoms with Crippen LogP contribution in [0.5, 0.6) is 0 Å². The number of carbonyl (C=O) groups is 3. The lowest BCUT2D eigenvalue weighted by Crippen LogP contribution is -2.47. The molecule has 6 nitrogen and oxygen atoms in total. The van der Waals surface area contributed by atoms with Crippen molar-refractivity contribution in [3.05, 3.63) is 30.3 Å². The van der Waals surface area contributed by atoms with Gasteiger partial charge in [-0.15, -0.1) is 0 Å². The molecule has 0 bridgehead atoms. The van der Waals surface area contributed by atoms with Crippen LogP contribution >= 0.6 is 0 Å². The molecule has 1 unspecified atom stereocenters. The third-order valence-corrected chi connectivity index (χ3v) is 5.36. The van der Waals surface area contributed by atoms with Crippen molar-refractivity contribution in [2.24, 2.45) is 5.41 Å². The Morgan fingerprint density at radius 2 is 1.96 bits per heavy atom. The van der Waals surface area contributed by atoms with E-state index in [1.165, 1.54) is 4.90 Å². The van der Waals surface area contributed by atoms with E-state index in [1.807, 2.05) is 30.3 Å². The minimum absolute atomic E-state index is 0.0199. The van der Waals surface area contributed by atoms with Gasteiger partial charge in [-0.3, -0.25) is 14.4 Å². The number of aliphatic carboxylic acids is 1. The van der Waals surface area contributed by atoms with Crippen LogP contribution in [0, 0.1) is 5.41 Å². The molecule has 6 heteroatoms. The normalized spacial score (nSPS) is 22.1. The molecular weight excluding hydrogens is 308 g/mol. The van der Waals surface area contributed by atoms with Gasteiger partial charge in [0.25, 0.3) is 0 Å². The largest absolute Gasteiger partial charge is 0.481 e. The molecule has 1 aliphatic carbocycles. The number of rotatable bonds is 5. The molecule has 2 fully saturated rings. The highest BCUT2D eigenvalue weighted by atomic mass is 16.4. The Bertz CT molecular complexity index is 654. The van der Waals surface area contributed by atoms with E-state index in [0.717, 1.165) is 12.1 Å². The lowest BCUT2D eigenvalue weighted by atomic mass is 9.66. The van der Waals surface area contributed by atoms with Crippen molar-refractivity contribution in [1.29, 1.82) is 0 Å². The predicted octanol–water partition coefficient (Wildman–Crippen LogP) is 1.90. The zero-order chi connectivity index (χ0) is 17.3. The molecule has 1 aromatic rings. The SMILES string of the molecule is CN(C(=O)CC1(C(=O)O)CCC1)C1CCN(c2ccccc2)C1=O. The monoisotopic (exact) mass is 330 g/mol. The summed E-state index contributed by atoms with van der Waals surface area (Å²) >= 11 is 0. The Morgan fingerprint density at radius 3 is 2.50 bits per heavy atom. The molecule has 1 heterocycles. The third kappa shape index (κ3) is 2.77. The number of para-hydroxylation sites is 1. The van der Waals surface area contributed by atoms with Gasteiger partial charge in [-0.25, -0.2) is 0 Å². The van der Waals surface area contributed by atoms with Crippen molar-refractivity contribution in [2.45, 2.75) is 38.1 Å². The van der Waals surface area contributed by atoms with Gasteiger partial charge in [0.15, 0.2) is 0 Å². The lowest BCUT2D eigenvalue weighted by molar-refractivity contribution is -0.159. The average molecular weight is 330 g/mol. The highest BCUT2D eigenvalue weighted by Crippen LogP contribution is 2.44. The molecule has 1 aliphatic heterocycles. The first kappa shape index (κ1) is 16.5. The fourth-order valence-corrected chi connectivity index (χ4v) is 3.55. The van der Waals surface area contributed by atoms with Gasteiger partial charge in [-0.05, 0) is 31.4 Å². The molecule has 128 valence electrons. The standard InChI is InChI=1S/C18H22N2O4/c1-19(15(21)12-18(17(23)24)9-5-10-18)14-8-11-20(16(14)22)13-6-3-2-4-7-13/h2-4,6-7,14H,5,8-12H2,1H3,(H,23,24). The van der Waals surface area contributed by atoms with Crippen LogP contribution in [0.15, 0.2) is 30.3 Å². The van der Waals surface area contributed by atoms with Crippen LogP contribution in [-0.4, -0.2) is 47.4 Å². The van der Waals surface area contributed by atoms with Gasteiger partial charge < -0.3 is 14.9 Å². The first-order valence-corrected chi connectivity index (χ1v) is 8.30. The van der Waals surface area contributed by atoms with Crippen LogP contribution < -0.4 is 4.90 Å². The topological polar surface area (TPSA) is 77.9 Å². The highest BCUT2D eigenvalue weighted by molar-refractivity contribution is 6.01. The number of nitrogens with zero attached hydrogens (tertiary/aromatic N) is 2. The van der Waals surface area contributed by atoms with Gasteiger partial charge in [0, 0.05) is 25.7 Å². The van der Waals surface area contributed by atoms with Crippen LogP contribution in [0.1, 0.15) is 32.1 Å². The molecule has 0 radical (unpaired) electrons. The molecule has 1 saturated carbocycles. The third-order valence-electron chi connectivity index (χ3n) is 5.36. The summed E-state index contributed by atoms with van der Waals surface area (Å²) in [5, 5.41) is 9.38. The number of carbonyl (C=O) groups excluding carboxylic acids is 2. The fraction of sp³-hybridized carbons (Fsp3) is 0.500. The van der Waals surface area contributed by atoms with Crippen LogP contribution in [0.3, 0.4) is 0 Å².